The van der Waals surface area contributed by atoms with Gasteiger partial charge in [0.05, 0.1) is 36.1 Å². The fourth-order valence-corrected chi connectivity index (χ4v) is 4.12. The number of halogens is 1. The number of nitrogens with two attached hydrogens (primary N) is 1. The van der Waals surface area contributed by atoms with E-state index in [2.05, 4.69) is 18.9 Å². The van der Waals surface area contributed by atoms with Crippen LogP contribution in [0, 0.1) is 11.3 Å². The Balaban J connectivity index is 2.28. The smallest absolute Gasteiger partial charge is 0.0834 e. The minimum Gasteiger partial charge on any atom is -0.383 e. The number of hydrogen-bond donors (Lipinski definition) is 1. The van der Waals surface area contributed by atoms with Gasteiger partial charge < -0.3 is 10.5 Å². The van der Waals surface area contributed by atoms with Crippen LogP contribution in [0.1, 0.15) is 57.7 Å². The molecule has 1 saturated carbocycles. The summed E-state index contributed by atoms with van der Waals surface area (Å²) in [7, 11) is 1.70. The van der Waals surface area contributed by atoms with Crippen LogP contribution in [0.4, 0.5) is 0 Å². The highest BCUT2D eigenvalue weighted by molar-refractivity contribution is 6.31. The molecule has 0 aromatic carbocycles. The van der Waals surface area contributed by atoms with Crippen LogP contribution in [-0.4, -0.2) is 23.5 Å². The van der Waals surface area contributed by atoms with E-state index in [9.17, 15) is 0 Å². The third-order valence-corrected chi connectivity index (χ3v) is 5.00. The Bertz CT molecular complexity index is 452. The van der Waals surface area contributed by atoms with E-state index in [4.69, 9.17) is 22.1 Å². The molecule has 1 aliphatic rings. The number of rotatable bonds is 7. The molecular formula is C16H28ClN3O. The Hall–Kier alpha value is -0.580. The maximum absolute atomic E-state index is 6.72. The van der Waals surface area contributed by atoms with Crippen LogP contribution in [0.15, 0.2) is 6.20 Å². The lowest BCUT2D eigenvalue weighted by Crippen LogP contribution is -2.35. The molecule has 1 heterocycles. The summed E-state index contributed by atoms with van der Waals surface area (Å²) in [5, 5.41) is 5.07. The summed E-state index contributed by atoms with van der Waals surface area (Å²) >= 11 is 6.39. The van der Waals surface area contributed by atoms with Crippen LogP contribution >= 0.6 is 11.6 Å². The number of nitrogens with zero attached hydrogens (tertiary/aromatic N) is 2. The molecule has 0 spiro atoms. The summed E-state index contributed by atoms with van der Waals surface area (Å²) in [6.45, 7) is 5.87. The first-order chi connectivity index (χ1) is 10.00. The monoisotopic (exact) mass is 313 g/mol. The number of ether oxygens (including phenoxy) is 1. The van der Waals surface area contributed by atoms with Gasteiger partial charge in [0.1, 0.15) is 0 Å². The zero-order valence-electron chi connectivity index (χ0n) is 13.4. The topological polar surface area (TPSA) is 53.1 Å². The van der Waals surface area contributed by atoms with Gasteiger partial charge in [-0.05, 0) is 30.6 Å². The van der Waals surface area contributed by atoms with Crippen molar-refractivity contribution in [2.75, 3.05) is 13.7 Å². The largest absolute Gasteiger partial charge is 0.383 e. The van der Waals surface area contributed by atoms with E-state index in [-0.39, 0.29) is 11.5 Å². The van der Waals surface area contributed by atoms with Crippen LogP contribution in [0.5, 0.6) is 0 Å². The fraction of sp³-hybridized carbons (Fsp3) is 0.812. The molecule has 2 rings (SSSR count). The van der Waals surface area contributed by atoms with Crippen LogP contribution < -0.4 is 5.73 Å². The van der Waals surface area contributed by atoms with E-state index < -0.39 is 0 Å². The van der Waals surface area contributed by atoms with E-state index in [1.54, 1.807) is 13.3 Å². The van der Waals surface area contributed by atoms with Crippen molar-refractivity contribution in [2.24, 2.45) is 17.1 Å². The van der Waals surface area contributed by atoms with Crippen molar-refractivity contribution in [1.82, 2.24) is 9.78 Å². The fourth-order valence-electron chi connectivity index (χ4n) is 3.86. The molecule has 2 N–H and O–H groups in total. The lowest BCUT2D eigenvalue weighted by atomic mass is 9.72. The normalized spacial score (nSPS) is 19.3. The van der Waals surface area contributed by atoms with Crippen molar-refractivity contribution in [1.29, 1.82) is 0 Å². The average molecular weight is 314 g/mol. The molecule has 0 aliphatic heterocycles. The minimum absolute atomic E-state index is 0.0470. The Morgan fingerprint density at radius 1 is 1.43 bits per heavy atom. The quantitative estimate of drug-likeness (QED) is 0.833. The lowest BCUT2D eigenvalue weighted by Gasteiger charge is -2.37. The Labute approximate surface area is 133 Å². The zero-order chi connectivity index (χ0) is 15.5. The highest BCUT2D eigenvalue weighted by atomic mass is 35.5. The number of aromatic nitrogens is 2. The van der Waals surface area contributed by atoms with Crippen molar-refractivity contribution >= 4 is 11.6 Å². The van der Waals surface area contributed by atoms with Gasteiger partial charge in [-0.2, -0.15) is 5.10 Å². The standard InChI is InChI=1S/C16H28ClN3O/c1-12(2)10-16(6-4-5-7-16)15(18)14-13(17)11-19-20(14)8-9-21-3/h11-12,15H,4-10,18H2,1-3H3. The molecule has 0 radical (unpaired) electrons. The van der Waals surface area contributed by atoms with Gasteiger partial charge in [-0.25, -0.2) is 0 Å². The van der Waals surface area contributed by atoms with Crippen molar-refractivity contribution in [3.05, 3.63) is 16.9 Å². The van der Waals surface area contributed by atoms with Crippen molar-refractivity contribution in [3.8, 4) is 0 Å². The van der Waals surface area contributed by atoms with Crippen molar-refractivity contribution in [2.45, 2.75) is 58.5 Å². The molecule has 1 aliphatic carbocycles. The van der Waals surface area contributed by atoms with E-state index in [1.165, 1.54) is 25.7 Å². The summed E-state index contributed by atoms with van der Waals surface area (Å²) < 4.78 is 7.09. The summed E-state index contributed by atoms with van der Waals surface area (Å²) in [5.41, 5.74) is 7.87. The third-order valence-electron chi connectivity index (χ3n) is 4.71. The van der Waals surface area contributed by atoms with E-state index in [0.717, 1.165) is 12.1 Å². The molecule has 0 bridgehead atoms. The molecule has 1 atom stereocenters. The highest BCUT2D eigenvalue weighted by Gasteiger charge is 2.42. The van der Waals surface area contributed by atoms with Gasteiger partial charge in [-0.15, -0.1) is 0 Å². The van der Waals surface area contributed by atoms with Gasteiger partial charge in [-0.3, -0.25) is 4.68 Å². The Morgan fingerprint density at radius 2 is 2.10 bits per heavy atom. The predicted molar refractivity (Wildman–Crippen MR) is 86.4 cm³/mol. The average Bonchev–Trinajstić information content (AvgIpc) is 3.03. The third kappa shape index (κ3) is 3.61. The molecule has 1 unspecified atom stereocenters. The first kappa shape index (κ1) is 16.8. The molecule has 0 saturated heterocycles. The van der Waals surface area contributed by atoms with Crippen LogP contribution in [0.25, 0.3) is 0 Å². The van der Waals surface area contributed by atoms with E-state index in [0.29, 0.717) is 24.1 Å². The maximum atomic E-state index is 6.72. The first-order valence-corrected chi connectivity index (χ1v) is 8.33. The minimum atomic E-state index is -0.0470. The molecule has 120 valence electrons. The molecule has 21 heavy (non-hydrogen) atoms. The zero-order valence-corrected chi connectivity index (χ0v) is 14.2. The summed E-state index contributed by atoms with van der Waals surface area (Å²) in [6, 6.07) is -0.0470. The Morgan fingerprint density at radius 3 is 2.67 bits per heavy atom. The van der Waals surface area contributed by atoms with Crippen molar-refractivity contribution < 1.29 is 4.74 Å². The Kier molecular flexibility index (Phi) is 5.69. The van der Waals surface area contributed by atoms with Gasteiger partial charge in [0, 0.05) is 7.11 Å². The van der Waals surface area contributed by atoms with Gasteiger partial charge in [0.15, 0.2) is 0 Å². The summed E-state index contributed by atoms with van der Waals surface area (Å²) in [6.07, 6.45) is 7.79. The summed E-state index contributed by atoms with van der Waals surface area (Å²) in [4.78, 5) is 0. The molecule has 5 heteroatoms. The second-order valence-corrected chi connectivity index (χ2v) is 7.15. The number of hydrogen-bond acceptors (Lipinski definition) is 3. The molecular weight excluding hydrogens is 286 g/mol. The summed E-state index contributed by atoms with van der Waals surface area (Å²) in [5.74, 6) is 0.642. The van der Waals surface area contributed by atoms with E-state index >= 15 is 0 Å². The molecule has 4 nitrogen and oxygen atoms in total. The highest BCUT2D eigenvalue weighted by Crippen LogP contribution is 2.51. The first-order valence-electron chi connectivity index (χ1n) is 7.96. The number of methoxy groups -OCH3 is 1. The van der Waals surface area contributed by atoms with Crippen molar-refractivity contribution in [3.63, 3.8) is 0 Å². The van der Waals surface area contributed by atoms with Crippen LogP contribution in [-0.2, 0) is 11.3 Å². The van der Waals surface area contributed by atoms with Crippen LogP contribution in [0.3, 0.4) is 0 Å². The predicted octanol–water partition coefficient (Wildman–Crippen LogP) is 3.79. The molecule has 1 aromatic rings. The van der Waals surface area contributed by atoms with Gasteiger partial charge in [0.25, 0.3) is 0 Å². The molecule has 1 fully saturated rings. The lowest BCUT2D eigenvalue weighted by molar-refractivity contribution is 0.163. The second kappa shape index (κ2) is 7.12. The molecule has 0 amide bonds. The van der Waals surface area contributed by atoms with Gasteiger partial charge in [0.2, 0.25) is 0 Å². The SMILES string of the molecule is COCCn1ncc(Cl)c1C(N)C1(CC(C)C)CCCC1. The second-order valence-electron chi connectivity index (χ2n) is 6.74. The van der Waals surface area contributed by atoms with Gasteiger partial charge in [-0.1, -0.05) is 38.3 Å². The maximum Gasteiger partial charge on any atom is 0.0834 e. The molecule has 1 aromatic heterocycles. The van der Waals surface area contributed by atoms with Gasteiger partial charge >= 0.3 is 0 Å². The van der Waals surface area contributed by atoms with E-state index in [1.807, 2.05) is 4.68 Å². The van der Waals surface area contributed by atoms with Crippen LogP contribution in [0.2, 0.25) is 5.02 Å².